The van der Waals surface area contributed by atoms with Crippen molar-refractivity contribution >= 4 is 15.7 Å². The molecule has 1 aliphatic heterocycles. The summed E-state index contributed by atoms with van der Waals surface area (Å²) in [6, 6.07) is 1.71. The van der Waals surface area contributed by atoms with Gasteiger partial charge in [-0.1, -0.05) is 6.92 Å². The van der Waals surface area contributed by atoms with Gasteiger partial charge in [0.15, 0.2) is 11.6 Å². The van der Waals surface area contributed by atoms with Crippen molar-refractivity contribution in [2.75, 3.05) is 32.0 Å². The van der Waals surface area contributed by atoms with Crippen LogP contribution in [0.1, 0.15) is 13.3 Å². The molecule has 0 aromatic heterocycles. The van der Waals surface area contributed by atoms with E-state index in [1.807, 2.05) is 0 Å². The second-order valence-electron chi connectivity index (χ2n) is 5.00. The second kappa shape index (κ2) is 6.25. The van der Waals surface area contributed by atoms with Gasteiger partial charge in [-0.25, -0.2) is 17.2 Å². The molecule has 5 nitrogen and oxygen atoms in total. The molecule has 8 heteroatoms. The summed E-state index contributed by atoms with van der Waals surface area (Å²) in [7, 11) is -4.13. The Kier molecular flexibility index (Phi) is 4.80. The van der Waals surface area contributed by atoms with Crippen LogP contribution in [0.3, 0.4) is 0 Å². The lowest BCUT2D eigenvalue weighted by Gasteiger charge is -2.23. The van der Waals surface area contributed by atoms with Gasteiger partial charge in [0.2, 0.25) is 10.0 Å². The number of rotatable bonds is 5. The van der Waals surface area contributed by atoms with E-state index in [0.717, 1.165) is 22.9 Å². The third kappa shape index (κ3) is 3.33. The van der Waals surface area contributed by atoms with E-state index in [1.54, 1.807) is 6.92 Å². The first-order chi connectivity index (χ1) is 9.86. The van der Waals surface area contributed by atoms with Crippen molar-refractivity contribution in [2.45, 2.75) is 18.2 Å². The monoisotopic (exact) mass is 320 g/mol. The molecule has 1 unspecified atom stereocenters. The molecule has 2 rings (SSSR count). The normalized spacial score (nSPS) is 19.3. The largest absolute Gasteiger partial charge is 0.399 e. The summed E-state index contributed by atoms with van der Waals surface area (Å²) < 4.78 is 58.5. The standard InChI is InChI=1S/C13H18F2N2O3S/c1-2-17(7-9-3-4-20-8-9)21(18,19)12-6-10(16)5-11(14)13(12)15/h5-6,9H,2-4,7-8,16H2,1H3. The van der Waals surface area contributed by atoms with Gasteiger partial charge < -0.3 is 10.5 Å². The van der Waals surface area contributed by atoms with Crippen molar-refractivity contribution in [2.24, 2.45) is 5.92 Å². The maximum Gasteiger partial charge on any atom is 0.246 e. The zero-order valence-electron chi connectivity index (χ0n) is 11.7. The molecule has 0 radical (unpaired) electrons. The Morgan fingerprint density at radius 2 is 2.14 bits per heavy atom. The molecule has 118 valence electrons. The first kappa shape index (κ1) is 16.1. The Morgan fingerprint density at radius 1 is 1.43 bits per heavy atom. The van der Waals surface area contributed by atoms with Crippen molar-refractivity contribution in [3.8, 4) is 0 Å². The molecular formula is C13H18F2N2O3S. The predicted octanol–water partition coefficient (Wildman–Crippen LogP) is 1.59. The lowest BCUT2D eigenvalue weighted by molar-refractivity contribution is 0.180. The van der Waals surface area contributed by atoms with E-state index < -0.39 is 26.6 Å². The summed E-state index contributed by atoms with van der Waals surface area (Å²) in [5, 5.41) is 0. The van der Waals surface area contributed by atoms with Crippen LogP contribution in [0, 0.1) is 17.6 Å². The molecule has 1 aromatic carbocycles. The fourth-order valence-electron chi connectivity index (χ4n) is 2.32. The Morgan fingerprint density at radius 3 is 2.71 bits per heavy atom. The van der Waals surface area contributed by atoms with E-state index >= 15 is 0 Å². The van der Waals surface area contributed by atoms with Crippen LogP contribution >= 0.6 is 0 Å². The molecule has 0 saturated carbocycles. The van der Waals surface area contributed by atoms with E-state index in [2.05, 4.69) is 0 Å². The second-order valence-corrected chi connectivity index (χ2v) is 6.91. The summed E-state index contributed by atoms with van der Waals surface area (Å²) in [4.78, 5) is -0.722. The summed E-state index contributed by atoms with van der Waals surface area (Å²) in [5.41, 5.74) is 5.29. The maximum atomic E-state index is 13.8. The number of nitrogen functional groups attached to an aromatic ring is 1. The highest BCUT2D eigenvalue weighted by atomic mass is 32.2. The smallest absolute Gasteiger partial charge is 0.246 e. The fraction of sp³-hybridized carbons (Fsp3) is 0.538. The molecule has 0 aliphatic carbocycles. The number of ether oxygens (including phenoxy) is 1. The van der Waals surface area contributed by atoms with E-state index in [1.165, 1.54) is 0 Å². The number of benzene rings is 1. The summed E-state index contributed by atoms with van der Waals surface area (Å²) >= 11 is 0. The Balaban J connectivity index is 2.34. The molecular weight excluding hydrogens is 302 g/mol. The van der Waals surface area contributed by atoms with Gasteiger partial charge in [0.1, 0.15) is 4.90 Å². The molecule has 1 heterocycles. The van der Waals surface area contributed by atoms with Crippen LogP contribution in [-0.2, 0) is 14.8 Å². The van der Waals surface area contributed by atoms with Crippen LogP contribution in [0.2, 0.25) is 0 Å². The third-order valence-corrected chi connectivity index (χ3v) is 5.41. The van der Waals surface area contributed by atoms with E-state index in [0.29, 0.717) is 13.2 Å². The summed E-state index contributed by atoms with van der Waals surface area (Å²) in [6.45, 7) is 3.08. The first-order valence-corrected chi connectivity index (χ1v) is 8.12. The predicted molar refractivity (Wildman–Crippen MR) is 74.1 cm³/mol. The minimum atomic E-state index is -4.13. The van der Waals surface area contributed by atoms with E-state index in [-0.39, 0.29) is 24.7 Å². The number of sulfonamides is 1. The quantitative estimate of drug-likeness (QED) is 0.836. The molecule has 21 heavy (non-hydrogen) atoms. The van der Waals surface area contributed by atoms with Gasteiger partial charge >= 0.3 is 0 Å². The van der Waals surface area contributed by atoms with Crippen molar-refractivity contribution in [1.82, 2.24) is 4.31 Å². The van der Waals surface area contributed by atoms with Crippen LogP contribution in [0.15, 0.2) is 17.0 Å². The molecule has 1 fully saturated rings. The number of nitrogens with two attached hydrogens (primary N) is 1. The number of hydrogen-bond acceptors (Lipinski definition) is 4. The molecule has 1 aliphatic rings. The van der Waals surface area contributed by atoms with Crippen LogP contribution in [0.4, 0.5) is 14.5 Å². The number of hydrogen-bond donors (Lipinski definition) is 1. The van der Waals surface area contributed by atoms with E-state index in [9.17, 15) is 17.2 Å². The average molecular weight is 320 g/mol. The molecule has 0 amide bonds. The molecule has 1 atom stereocenters. The topological polar surface area (TPSA) is 72.6 Å². The highest BCUT2D eigenvalue weighted by Crippen LogP contribution is 2.26. The van der Waals surface area contributed by atoms with Crippen LogP contribution in [0.5, 0.6) is 0 Å². The van der Waals surface area contributed by atoms with Gasteiger partial charge in [0.05, 0.1) is 6.61 Å². The fourth-order valence-corrected chi connectivity index (χ4v) is 3.96. The molecule has 0 bridgehead atoms. The van der Waals surface area contributed by atoms with Gasteiger partial charge in [-0.05, 0) is 24.5 Å². The average Bonchev–Trinajstić information content (AvgIpc) is 2.92. The van der Waals surface area contributed by atoms with Gasteiger partial charge in [0.25, 0.3) is 0 Å². The van der Waals surface area contributed by atoms with Crippen LogP contribution < -0.4 is 5.73 Å². The minimum absolute atomic E-state index is 0.0636. The zero-order valence-corrected chi connectivity index (χ0v) is 12.5. The van der Waals surface area contributed by atoms with Gasteiger partial charge in [-0.3, -0.25) is 0 Å². The number of halogens is 2. The number of anilines is 1. The van der Waals surface area contributed by atoms with Gasteiger partial charge in [-0.2, -0.15) is 4.31 Å². The molecule has 2 N–H and O–H groups in total. The maximum absolute atomic E-state index is 13.8. The number of nitrogens with zero attached hydrogens (tertiary/aromatic N) is 1. The first-order valence-electron chi connectivity index (χ1n) is 6.68. The lowest BCUT2D eigenvalue weighted by atomic mass is 10.1. The molecule has 1 aromatic rings. The van der Waals surface area contributed by atoms with Crippen molar-refractivity contribution in [1.29, 1.82) is 0 Å². The van der Waals surface area contributed by atoms with E-state index in [4.69, 9.17) is 10.5 Å². The Labute approximate surface area is 122 Å². The van der Waals surface area contributed by atoms with Crippen molar-refractivity contribution in [3.63, 3.8) is 0 Å². The highest BCUT2D eigenvalue weighted by molar-refractivity contribution is 7.89. The minimum Gasteiger partial charge on any atom is -0.399 e. The third-order valence-electron chi connectivity index (χ3n) is 3.47. The van der Waals surface area contributed by atoms with Crippen molar-refractivity contribution < 1.29 is 21.9 Å². The molecule has 0 spiro atoms. The van der Waals surface area contributed by atoms with Gasteiger partial charge in [-0.15, -0.1) is 0 Å². The summed E-state index contributed by atoms with van der Waals surface area (Å²) in [6.07, 6.45) is 0.750. The SMILES string of the molecule is CCN(CC1CCOC1)S(=O)(=O)c1cc(N)cc(F)c1F. The van der Waals surface area contributed by atoms with Crippen molar-refractivity contribution in [3.05, 3.63) is 23.8 Å². The zero-order chi connectivity index (χ0) is 15.6. The lowest BCUT2D eigenvalue weighted by Crippen LogP contribution is -2.36. The van der Waals surface area contributed by atoms with Crippen LogP contribution in [-0.4, -0.2) is 39.0 Å². The summed E-state index contributed by atoms with van der Waals surface area (Å²) in [5.74, 6) is -2.60. The highest BCUT2D eigenvalue weighted by Gasteiger charge is 2.31. The Bertz CT molecular complexity index is 616. The molecule has 1 saturated heterocycles. The van der Waals surface area contributed by atoms with Gasteiger partial charge in [0, 0.05) is 25.4 Å². The Hall–Kier alpha value is -1.25. The van der Waals surface area contributed by atoms with Crippen LogP contribution in [0.25, 0.3) is 0 Å².